The maximum absolute atomic E-state index is 11.8. The van der Waals surface area contributed by atoms with E-state index >= 15 is 0 Å². The van der Waals surface area contributed by atoms with Crippen molar-refractivity contribution in [3.8, 4) is 0 Å². The van der Waals surface area contributed by atoms with E-state index in [9.17, 15) is 4.79 Å². The molecule has 0 atom stereocenters. The van der Waals surface area contributed by atoms with Crippen molar-refractivity contribution >= 4 is 27.7 Å². The summed E-state index contributed by atoms with van der Waals surface area (Å²) >= 11 is 3.36. The number of carbonyl (C=O) groups excluding carboxylic acids is 1. The van der Waals surface area contributed by atoms with Gasteiger partial charge in [-0.1, -0.05) is 0 Å². The van der Waals surface area contributed by atoms with Crippen LogP contribution in [-0.4, -0.2) is 20.4 Å². The van der Waals surface area contributed by atoms with Crippen LogP contribution < -0.4 is 5.32 Å². The summed E-state index contributed by atoms with van der Waals surface area (Å²) in [5.41, 5.74) is 1.51. The first kappa shape index (κ1) is 9.53. The van der Waals surface area contributed by atoms with Gasteiger partial charge in [0.05, 0.1) is 19.1 Å². The fourth-order valence-electron chi connectivity index (χ4n) is 1.71. The van der Waals surface area contributed by atoms with Gasteiger partial charge in [-0.3, -0.25) is 4.79 Å². The van der Waals surface area contributed by atoms with E-state index in [0.29, 0.717) is 18.1 Å². The summed E-state index contributed by atoms with van der Waals surface area (Å²) < 4.78 is 2.69. The molecule has 6 heteroatoms. The van der Waals surface area contributed by atoms with E-state index in [1.54, 1.807) is 23.3 Å². The molecule has 80 valence electrons. The molecule has 3 heterocycles. The van der Waals surface area contributed by atoms with Gasteiger partial charge in [0.2, 0.25) is 0 Å². The molecule has 0 radical (unpaired) electrons. The normalized spacial score (nSPS) is 13.7. The highest BCUT2D eigenvalue weighted by atomic mass is 79.9. The summed E-state index contributed by atoms with van der Waals surface area (Å²) in [7, 11) is 0. The van der Waals surface area contributed by atoms with Gasteiger partial charge in [0.1, 0.15) is 11.5 Å². The number of amides is 1. The van der Waals surface area contributed by atoms with Crippen LogP contribution in [0.15, 0.2) is 29.3 Å². The summed E-state index contributed by atoms with van der Waals surface area (Å²) in [6, 6.07) is 1.94. The summed E-state index contributed by atoms with van der Waals surface area (Å²) in [5, 5.41) is 2.76. The average Bonchev–Trinajstić information content (AvgIpc) is 2.65. The number of imidazole rings is 1. The van der Waals surface area contributed by atoms with Crippen molar-refractivity contribution in [1.29, 1.82) is 0 Å². The molecule has 0 fully saturated rings. The Hall–Kier alpha value is -1.69. The Labute approximate surface area is 99.6 Å². The number of hydrogen-bond acceptors (Lipinski definition) is 3. The molecule has 1 N–H and O–H groups in total. The number of nitrogens with zero attached hydrogens (tertiary/aromatic N) is 3. The van der Waals surface area contributed by atoms with Gasteiger partial charge in [0, 0.05) is 16.2 Å². The van der Waals surface area contributed by atoms with Gasteiger partial charge in [-0.05, 0) is 22.0 Å². The Morgan fingerprint density at radius 2 is 2.31 bits per heavy atom. The molecule has 1 aliphatic heterocycles. The van der Waals surface area contributed by atoms with Crippen LogP contribution in [0, 0.1) is 0 Å². The van der Waals surface area contributed by atoms with Crippen molar-refractivity contribution in [3.05, 3.63) is 40.5 Å². The highest BCUT2D eigenvalue weighted by molar-refractivity contribution is 9.10. The SMILES string of the molecule is O=C1Nc2ncc(Br)cc2Cn2cncc21. The van der Waals surface area contributed by atoms with E-state index in [4.69, 9.17) is 0 Å². The van der Waals surface area contributed by atoms with Crippen LogP contribution in [0.3, 0.4) is 0 Å². The molecule has 1 amide bonds. The number of fused-ring (bicyclic) bond motifs is 2. The highest BCUT2D eigenvalue weighted by Crippen LogP contribution is 2.22. The van der Waals surface area contributed by atoms with E-state index in [1.807, 2.05) is 6.07 Å². The number of halogens is 1. The van der Waals surface area contributed by atoms with E-state index in [1.165, 1.54) is 0 Å². The van der Waals surface area contributed by atoms with Crippen LogP contribution in [0.5, 0.6) is 0 Å². The molecule has 5 nitrogen and oxygen atoms in total. The number of pyridine rings is 1. The third-order valence-electron chi connectivity index (χ3n) is 2.45. The highest BCUT2D eigenvalue weighted by Gasteiger charge is 2.19. The van der Waals surface area contributed by atoms with Gasteiger partial charge in [-0.25, -0.2) is 9.97 Å². The van der Waals surface area contributed by atoms with Crippen molar-refractivity contribution in [2.75, 3.05) is 5.32 Å². The standard InChI is InChI=1S/C10H7BrN4O/c11-7-1-6-4-15-5-12-3-8(15)10(16)14-9(6)13-2-7/h1-3,5H,4H2,(H,13,14,16). The maximum Gasteiger partial charge on any atom is 0.275 e. The minimum atomic E-state index is -0.175. The molecule has 3 rings (SSSR count). The number of anilines is 1. The number of hydrogen-bond donors (Lipinski definition) is 1. The first-order valence-corrected chi connectivity index (χ1v) is 5.49. The molecule has 0 aliphatic carbocycles. The van der Waals surface area contributed by atoms with Crippen LogP contribution in [0.2, 0.25) is 0 Å². The second-order valence-electron chi connectivity index (χ2n) is 3.52. The third-order valence-corrected chi connectivity index (χ3v) is 2.88. The lowest BCUT2D eigenvalue weighted by atomic mass is 10.2. The van der Waals surface area contributed by atoms with Gasteiger partial charge in [-0.2, -0.15) is 0 Å². The van der Waals surface area contributed by atoms with Gasteiger partial charge in [-0.15, -0.1) is 0 Å². The predicted octanol–water partition coefficient (Wildman–Crippen LogP) is 1.65. The minimum Gasteiger partial charge on any atom is -0.322 e. The monoisotopic (exact) mass is 278 g/mol. The molecule has 1 aliphatic rings. The maximum atomic E-state index is 11.8. The first-order chi connectivity index (χ1) is 7.74. The fourth-order valence-corrected chi connectivity index (χ4v) is 2.08. The Morgan fingerprint density at radius 3 is 3.19 bits per heavy atom. The van der Waals surface area contributed by atoms with Crippen molar-refractivity contribution in [3.63, 3.8) is 0 Å². The van der Waals surface area contributed by atoms with Crippen LogP contribution in [0.1, 0.15) is 16.1 Å². The lowest BCUT2D eigenvalue weighted by Crippen LogP contribution is -2.13. The minimum absolute atomic E-state index is 0.175. The molecule has 0 saturated heterocycles. The summed E-state index contributed by atoms with van der Waals surface area (Å²) in [6.07, 6.45) is 4.86. The molecule has 0 bridgehead atoms. The smallest absolute Gasteiger partial charge is 0.275 e. The Balaban J connectivity index is 2.17. The van der Waals surface area contributed by atoms with Crippen LogP contribution in [-0.2, 0) is 6.54 Å². The summed E-state index contributed by atoms with van der Waals surface area (Å²) in [4.78, 5) is 19.9. The molecular formula is C10H7BrN4O. The third kappa shape index (κ3) is 1.42. The van der Waals surface area contributed by atoms with Gasteiger partial charge < -0.3 is 9.88 Å². The zero-order valence-electron chi connectivity index (χ0n) is 8.14. The van der Waals surface area contributed by atoms with E-state index in [0.717, 1.165) is 10.0 Å². The average molecular weight is 279 g/mol. The molecule has 0 aromatic carbocycles. The molecular weight excluding hydrogens is 272 g/mol. The topological polar surface area (TPSA) is 59.8 Å². The van der Waals surface area contributed by atoms with Crippen molar-refractivity contribution < 1.29 is 4.79 Å². The second kappa shape index (κ2) is 3.41. The molecule has 16 heavy (non-hydrogen) atoms. The van der Waals surface area contributed by atoms with Crippen LogP contribution in [0.25, 0.3) is 0 Å². The summed E-state index contributed by atoms with van der Waals surface area (Å²) in [6.45, 7) is 0.593. The van der Waals surface area contributed by atoms with Crippen molar-refractivity contribution in [2.45, 2.75) is 6.54 Å². The quantitative estimate of drug-likeness (QED) is 0.797. The van der Waals surface area contributed by atoms with Crippen molar-refractivity contribution in [2.24, 2.45) is 0 Å². The predicted molar refractivity (Wildman–Crippen MR) is 61.2 cm³/mol. The zero-order chi connectivity index (χ0) is 11.1. The second-order valence-corrected chi connectivity index (χ2v) is 4.44. The molecule has 2 aromatic rings. The van der Waals surface area contributed by atoms with E-state index in [-0.39, 0.29) is 5.91 Å². The number of carbonyl (C=O) groups is 1. The molecule has 0 saturated carbocycles. The van der Waals surface area contributed by atoms with E-state index < -0.39 is 0 Å². The molecule has 0 unspecified atom stereocenters. The van der Waals surface area contributed by atoms with Gasteiger partial charge in [0.25, 0.3) is 5.91 Å². The van der Waals surface area contributed by atoms with Gasteiger partial charge >= 0.3 is 0 Å². The zero-order valence-corrected chi connectivity index (χ0v) is 9.73. The fraction of sp³-hybridized carbons (Fsp3) is 0.100. The lowest BCUT2D eigenvalue weighted by Gasteiger charge is -2.05. The largest absolute Gasteiger partial charge is 0.322 e. The number of nitrogens with one attached hydrogen (secondary N) is 1. The van der Waals surface area contributed by atoms with Crippen LogP contribution >= 0.6 is 15.9 Å². The number of rotatable bonds is 0. The Morgan fingerprint density at radius 1 is 1.44 bits per heavy atom. The van der Waals surface area contributed by atoms with E-state index in [2.05, 4.69) is 31.2 Å². The Bertz CT molecular complexity index is 578. The first-order valence-electron chi connectivity index (χ1n) is 4.70. The number of aromatic nitrogens is 3. The lowest BCUT2D eigenvalue weighted by molar-refractivity contribution is 0.102. The molecule has 2 aromatic heterocycles. The molecule has 0 spiro atoms. The Kier molecular flexibility index (Phi) is 2.03. The summed E-state index contributed by atoms with van der Waals surface area (Å²) in [5.74, 6) is 0.433. The van der Waals surface area contributed by atoms with Gasteiger partial charge in [0.15, 0.2) is 0 Å². The van der Waals surface area contributed by atoms with Crippen LogP contribution in [0.4, 0.5) is 5.82 Å². The van der Waals surface area contributed by atoms with Crippen molar-refractivity contribution in [1.82, 2.24) is 14.5 Å².